The molecule has 1 aromatic heterocycles. The zero-order valence-electron chi connectivity index (χ0n) is 14.8. The molecule has 0 unspecified atom stereocenters. The lowest BCUT2D eigenvalue weighted by Gasteiger charge is -2.18. The van der Waals surface area contributed by atoms with Gasteiger partial charge < -0.3 is 9.52 Å². The summed E-state index contributed by atoms with van der Waals surface area (Å²) in [6.07, 6.45) is 0. The van der Waals surface area contributed by atoms with Gasteiger partial charge in [-0.3, -0.25) is 4.90 Å². The smallest absolute Gasteiger partial charge is 0.336 e. The van der Waals surface area contributed by atoms with E-state index in [9.17, 15) is 9.90 Å². The van der Waals surface area contributed by atoms with Gasteiger partial charge in [0.25, 0.3) is 0 Å². The van der Waals surface area contributed by atoms with Crippen LogP contribution in [0.1, 0.15) is 36.5 Å². The van der Waals surface area contributed by atoms with Crippen LogP contribution in [0.25, 0.3) is 11.0 Å². The van der Waals surface area contributed by atoms with Crippen molar-refractivity contribution in [2.75, 3.05) is 7.05 Å². The summed E-state index contributed by atoms with van der Waals surface area (Å²) in [5, 5.41) is 10.4. The Morgan fingerprint density at radius 3 is 2.44 bits per heavy atom. The number of hydrogen-bond donors (Lipinski definition) is 1. The van der Waals surface area contributed by atoms with Crippen LogP contribution in [0.5, 0.6) is 5.75 Å². The number of rotatable bonds is 5. The molecule has 25 heavy (non-hydrogen) atoms. The minimum Gasteiger partial charge on any atom is -0.508 e. The van der Waals surface area contributed by atoms with Crippen molar-refractivity contribution >= 4 is 11.0 Å². The maximum atomic E-state index is 11.8. The third kappa shape index (κ3) is 4.09. The average molecular weight is 337 g/mol. The summed E-state index contributed by atoms with van der Waals surface area (Å²) < 4.78 is 5.18. The molecule has 0 radical (unpaired) electrons. The van der Waals surface area contributed by atoms with Crippen molar-refractivity contribution in [3.63, 3.8) is 0 Å². The van der Waals surface area contributed by atoms with Gasteiger partial charge in [-0.05, 0) is 41.8 Å². The van der Waals surface area contributed by atoms with E-state index in [1.165, 1.54) is 23.3 Å². The molecule has 0 fully saturated rings. The molecule has 2 aromatic carbocycles. The van der Waals surface area contributed by atoms with Crippen LogP contribution < -0.4 is 5.63 Å². The number of hydrogen-bond acceptors (Lipinski definition) is 4. The molecular weight excluding hydrogens is 314 g/mol. The van der Waals surface area contributed by atoms with Crippen molar-refractivity contribution in [2.24, 2.45) is 0 Å². The van der Waals surface area contributed by atoms with Gasteiger partial charge in [0.1, 0.15) is 11.3 Å². The lowest BCUT2D eigenvalue weighted by molar-refractivity contribution is 0.319. The molecule has 0 bridgehead atoms. The Hall–Kier alpha value is -2.59. The second-order valence-corrected chi connectivity index (χ2v) is 6.84. The van der Waals surface area contributed by atoms with Gasteiger partial charge in [-0.1, -0.05) is 38.1 Å². The van der Waals surface area contributed by atoms with Crippen LogP contribution in [-0.4, -0.2) is 17.1 Å². The molecule has 4 nitrogen and oxygen atoms in total. The number of benzene rings is 2. The van der Waals surface area contributed by atoms with E-state index in [4.69, 9.17) is 4.42 Å². The summed E-state index contributed by atoms with van der Waals surface area (Å²) in [7, 11) is 2.03. The lowest BCUT2D eigenvalue weighted by atomic mass is 10.0. The Labute approximate surface area is 147 Å². The SMILES string of the molecule is CC(C)c1ccc(CN(C)Cc2cc(=O)oc3cc(O)ccc23)cc1. The maximum Gasteiger partial charge on any atom is 0.336 e. The summed E-state index contributed by atoms with van der Waals surface area (Å²) in [5.74, 6) is 0.615. The van der Waals surface area contributed by atoms with Crippen LogP contribution in [0.2, 0.25) is 0 Å². The van der Waals surface area contributed by atoms with Crippen molar-refractivity contribution in [3.05, 3.63) is 75.6 Å². The normalized spacial score (nSPS) is 11.6. The van der Waals surface area contributed by atoms with Crippen LogP contribution in [-0.2, 0) is 13.1 Å². The Morgan fingerprint density at radius 1 is 1.04 bits per heavy atom. The number of phenols is 1. The minimum atomic E-state index is -0.400. The zero-order chi connectivity index (χ0) is 18.0. The molecule has 1 N–H and O–H groups in total. The van der Waals surface area contributed by atoms with Crippen molar-refractivity contribution in [2.45, 2.75) is 32.9 Å². The van der Waals surface area contributed by atoms with Gasteiger partial charge in [0.2, 0.25) is 0 Å². The van der Waals surface area contributed by atoms with Gasteiger partial charge in [0.05, 0.1) is 0 Å². The summed E-state index contributed by atoms with van der Waals surface area (Å²) in [4.78, 5) is 13.9. The highest BCUT2D eigenvalue weighted by molar-refractivity contribution is 5.81. The second-order valence-electron chi connectivity index (χ2n) is 6.84. The van der Waals surface area contributed by atoms with Crippen molar-refractivity contribution < 1.29 is 9.52 Å². The van der Waals surface area contributed by atoms with Crippen molar-refractivity contribution in [1.82, 2.24) is 4.90 Å². The first-order valence-electron chi connectivity index (χ1n) is 8.45. The van der Waals surface area contributed by atoms with E-state index in [0.29, 0.717) is 18.0 Å². The van der Waals surface area contributed by atoms with Gasteiger partial charge in [-0.15, -0.1) is 0 Å². The molecule has 130 valence electrons. The summed E-state index contributed by atoms with van der Waals surface area (Å²) in [6, 6.07) is 15.0. The van der Waals surface area contributed by atoms with Gasteiger partial charge in [-0.2, -0.15) is 0 Å². The third-order valence-electron chi connectivity index (χ3n) is 4.35. The van der Waals surface area contributed by atoms with Crippen LogP contribution in [0.4, 0.5) is 0 Å². The molecule has 0 aliphatic carbocycles. The maximum absolute atomic E-state index is 11.8. The van der Waals surface area contributed by atoms with E-state index in [0.717, 1.165) is 17.5 Å². The number of nitrogens with zero attached hydrogens (tertiary/aromatic N) is 1. The number of aromatic hydroxyl groups is 1. The first-order valence-corrected chi connectivity index (χ1v) is 8.45. The van der Waals surface area contributed by atoms with Crippen molar-refractivity contribution in [1.29, 1.82) is 0 Å². The topological polar surface area (TPSA) is 53.7 Å². The number of fused-ring (bicyclic) bond motifs is 1. The molecule has 0 spiro atoms. The second kappa shape index (κ2) is 7.11. The van der Waals surface area contributed by atoms with Gasteiger partial charge in [-0.25, -0.2) is 4.79 Å². The largest absolute Gasteiger partial charge is 0.508 e. The van der Waals surface area contributed by atoms with Crippen LogP contribution in [0, 0.1) is 0 Å². The Balaban J connectivity index is 1.80. The van der Waals surface area contributed by atoms with Crippen molar-refractivity contribution in [3.8, 4) is 5.75 Å². The molecule has 0 aliphatic rings. The van der Waals surface area contributed by atoms with Crippen LogP contribution in [0.15, 0.2) is 57.7 Å². The Morgan fingerprint density at radius 2 is 1.76 bits per heavy atom. The first kappa shape index (κ1) is 17.2. The van der Waals surface area contributed by atoms with Crippen LogP contribution in [0.3, 0.4) is 0 Å². The van der Waals surface area contributed by atoms with Gasteiger partial charge in [0.15, 0.2) is 0 Å². The highest BCUT2D eigenvalue weighted by Gasteiger charge is 2.10. The minimum absolute atomic E-state index is 0.0893. The molecule has 0 atom stereocenters. The van der Waals surface area contributed by atoms with Gasteiger partial charge in [0, 0.05) is 30.6 Å². The molecule has 3 rings (SSSR count). The first-order chi connectivity index (χ1) is 11.9. The lowest BCUT2D eigenvalue weighted by Crippen LogP contribution is -2.18. The predicted octanol–water partition coefficient (Wildman–Crippen LogP) is 4.25. The predicted molar refractivity (Wildman–Crippen MR) is 99.9 cm³/mol. The van der Waals surface area contributed by atoms with E-state index >= 15 is 0 Å². The third-order valence-corrected chi connectivity index (χ3v) is 4.35. The summed E-state index contributed by atoms with van der Waals surface area (Å²) in [6.45, 7) is 5.78. The fourth-order valence-electron chi connectivity index (χ4n) is 3.02. The average Bonchev–Trinajstić information content (AvgIpc) is 2.54. The molecule has 4 heteroatoms. The van der Waals surface area contributed by atoms with E-state index < -0.39 is 5.63 Å². The molecule has 0 aliphatic heterocycles. The highest BCUT2D eigenvalue weighted by atomic mass is 16.4. The summed E-state index contributed by atoms with van der Waals surface area (Å²) >= 11 is 0. The van der Waals surface area contributed by atoms with E-state index in [1.807, 2.05) is 7.05 Å². The monoisotopic (exact) mass is 337 g/mol. The van der Waals surface area contributed by atoms with Crippen LogP contribution >= 0.6 is 0 Å². The van der Waals surface area contributed by atoms with E-state index in [2.05, 4.69) is 43.0 Å². The molecule has 0 amide bonds. The van der Waals surface area contributed by atoms with E-state index in [1.54, 1.807) is 12.1 Å². The Kier molecular flexibility index (Phi) is 4.91. The standard InChI is InChI=1S/C21H23NO3/c1-14(2)16-6-4-15(5-7-16)12-22(3)13-17-10-21(24)25-20-11-18(23)8-9-19(17)20/h4-11,14,23H,12-13H2,1-3H3. The summed E-state index contributed by atoms with van der Waals surface area (Å²) in [5.41, 5.74) is 3.47. The fraction of sp³-hybridized carbons (Fsp3) is 0.286. The fourth-order valence-corrected chi connectivity index (χ4v) is 3.02. The molecular formula is C21H23NO3. The number of phenolic OH excluding ortho intramolecular Hbond substituents is 1. The Bertz CT molecular complexity index is 926. The zero-order valence-corrected chi connectivity index (χ0v) is 14.8. The quantitative estimate of drug-likeness (QED) is 0.707. The van der Waals surface area contributed by atoms with E-state index in [-0.39, 0.29) is 5.75 Å². The highest BCUT2D eigenvalue weighted by Crippen LogP contribution is 2.23. The molecule has 0 saturated heterocycles. The molecule has 1 heterocycles. The molecule has 0 saturated carbocycles. The molecule has 3 aromatic rings. The van der Waals surface area contributed by atoms with Gasteiger partial charge >= 0.3 is 5.63 Å².